The van der Waals surface area contributed by atoms with Crippen molar-refractivity contribution in [2.75, 3.05) is 0 Å². The second kappa shape index (κ2) is 6.79. The molecule has 0 aliphatic rings. The lowest BCUT2D eigenvalue weighted by Gasteiger charge is -2.10. The van der Waals surface area contributed by atoms with Crippen LogP contribution in [0.5, 0.6) is 0 Å². The zero-order valence-corrected chi connectivity index (χ0v) is 14.3. The van der Waals surface area contributed by atoms with Crippen molar-refractivity contribution in [1.82, 2.24) is 9.88 Å². The maximum Gasteiger partial charge on any atom is 0.224 e. The van der Waals surface area contributed by atoms with Crippen LogP contribution in [0, 0.1) is 20.8 Å². The van der Waals surface area contributed by atoms with Gasteiger partial charge in [0.05, 0.1) is 19.2 Å². The van der Waals surface area contributed by atoms with Crippen LogP contribution < -0.4 is 5.32 Å². The van der Waals surface area contributed by atoms with Gasteiger partial charge in [0.1, 0.15) is 5.76 Å². The molecule has 1 aromatic carbocycles. The number of hydrogen-bond donors (Lipinski definition) is 1. The normalized spacial score (nSPS) is 10.8. The Labute approximate surface area is 142 Å². The van der Waals surface area contributed by atoms with Crippen LogP contribution in [-0.2, 0) is 17.8 Å². The molecule has 4 nitrogen and oxygen atoms in total. The van der Waals surface area contributed by atoms with Crippen LogP contribution in [0.4, 0.5) is 0 Å². The quantitative estimate of drug-likeness (QED) is 0.775. The van der Waals surface area contributed by atoms with Crippen LogP contribution >= 0.6 is 0 Å². The molecular weight excluding hydrogens is 300 g/mol. The first-order valence-electron chi connectivity index (χ1n) is 8.08. The van der Waals surface area contributed by atoms with Crippen molar-refractivity contribution in [3.05, 3.63) is 77.0 Å². The van der Waals surface area contributed by atoms with E-state index in [4.69, 9.17) is 4.42 Å². The number of carbonyl (C=O) groups is 1. The van der Waals surface area contributed by atoms with E-state index in [0.29, 0.717) is 13.0 Å². The maximum absolute atomic E-state index is 12.2. The first kappa shape index (κ1) is 16.1. The number of furan rings is 1. The largest absolute Gasteiger partial charge is 0.467 e. The Kier molecular flexibility index (Phi) is 4.56. The van der Waals surface area contributed by atoms with Crippen LogP contribution in [0.2, 0.25) is 0 Å². The predicted molar refractivity (Wildman–Crippen MR) is 94.2 cm³/mol. The lowest BCUT2D eigenvalue weighted by atomic mass is 10.1. The third-order valence-electron chi connectivity index (χ3n) is 4.22. The minimum Gasteiger partial charge on any atom is -0.467 e. The average Bonchev–Trinajstić information content (AvgIpc) is 3.16. The summed E-state index contributed by atoms with van der Waals surface area (Å²) in [4.78, 5) is 12.2. The minimum absolute atomic E-state index is 0.00411. The molecule has 0 spiro atoms. The molecule has 0 aliphatic heterocycles. The number of hydrogen-bond acceptors (Lipinski definition) is 2. The molecule has 3 aromatic rings. The van der Waals surface area contributed by atoms with Gasteiger partial charge in [-0.1, -0.05) is 17.7 Å². The van der Waals surface area contributed by atoms with E-state index in [9.17, 15) is 4.79 Å². The zero-order valence-electron chi connectivity index (χ0n) is 14.3. The van der Waals surface area contributed by atoms with Crippen LogP contribution in [0.3, 0.4) is 0 Å². The lowest BCUT2D eigenvalue weighted by Crippen LogP contribution is -2.24. The first-order valence-corrected chi connectivity index (χ1v) is 8.08. The van der Waals surface area contributed by atoms with Gasteiger partial charge in [0.25, 0.3) is 0 Å². The third kappa shape index (κ3) is 3.43. The highest BCUT2D eigenvalue weighted by atomic mass is 16.3. The van der Waals surface area contributed by atoms with Crippen LogP contribution in [0.15, 0.2) is 53.1 Å². The third-order valence-corrected chi connectivity index (χ3v) is 4.22. The molecule has 0 saturated heterocycles. The van der Waals surface area contributed by atoms with Gasteiger partial charge in [-0.3, -0.25) is 4.79 Å². The van der Waals surface area contributed by atoms with Gasteiger partial charge in [-0.25, -0.2) is 0 Å². The number of benzene rings is 1. The Morgan fingerprint density at radius 2 is 1.88 bits per heavy atom. The van der Waals surface area contributed by atoms with Gasteiger partial charge in [-0.15, -0.1) is 0 Å². The summed E-state index contributed by atoms with van der Waals surface area (Å²) in [5, 5.41) is 2.89. The molecular formula is C20H22N2O2. The fraction of sp³-hybridized carbons (Fsp3) is 0.250. The van der Waals surface area contributed by atoms with E-state index >= 15 is 0 Å². The molecule has 1 amide bonds. The molecule has 0 saturated carbocycles. The summed E-state index contributed by atoms with van der Waals surface area (Å²) in [7, 11) is 0. The lowest BCUT2D eigenvalue weighted by molar-refractivity contribution is -0.120. The Morgan fingerprint density at radius 1 is 1.12 bits per heavy atom. The topological polar surface area (TPSA) is 47.2 Å². The predicted octanol–water partition coefficient (Wildman–Crippen LogP) is 3.85. The number of carbonyl (C=O) groups excluding carboxylic acids is 1. The number of rotatable bonds is 5. The summed E-state index contributed by atoms with van der Waals surface area (Å²) < 4.78 is 7.42. The molecule has 24 heavy (non-hydrogen) atoms. The van der Waals surface area contributed by atoms with Gasteiger partial charge < -0.3 is 14.3 Å². The first-order chi connectivity index (χ1) is 11.5. The van der Waals surface area contributed by atoms with Crippen molar-refractivity contribution < 1.29 is 9.21 Å². The molecule has 0 atom stereocenters. The van der Waals surface area contributed by atoms with Crippen molar-refractivity contribution in [2.24, 2.45) is 0 Å². The van der Waals surface area contributed by atoms with Gasteiger partial charge in [-0.05, 0) is 56.7 Å². The van der Waals surface area contributed by atoms with E-state index in [-0.39, 0.29) is 5.91 Å². The van der Waals surface area contributed by atoms with Crippen molar-refractivity contribution >= 4 is 5.91 Å². The molecule has 0 radical (unpaired) electrons. The van der Waals surface area contributed by atoms with Crippen molar-refractivity contribution in [1.29, 1.82) is 0 Å². The Balaban J connectivity index is 1.73. The molecule has 1 N–H and O–H groups in total. The number of aromatic nitrogens is 1. The molecule has 3 rings (SSSR count). The SMILES string of the molecule is Cc1ccc(-n2c(C)cc(CC(=O)NCc3ccco3)c2C)cc1. The fourth-order valence-corrected chi connectivity index (χ4v) is 2.93. The van der Waals surface area contributed by atoms with Gasteiger partial charge in [0, 0.05) is 17.1 Å². The summed E-state index contributed by atoms with van der Waals surface area (Å²) in [6.07, 6.45) is 1.98. The van der Waals surface area contributed by atoms with Gasteiger partial charge in [0.15, 0.2) is 0 Å². The smallest absolute Gasteiger partial charge is 0.224 e. The molecule has 0 fully saturated rings. The van der Waals surface area contributed by atoms with E-state index in [1.807, 2.05) is 12.1 Å². The number of amides is 1. The Bertz CT molecular complexity index is 827. The van der Waals surface area contributed by atoms with E-state index < -0.39 is 0 Å². The minimum atomic E-state index is -0.00411. The molecule has 0 aliphatic carbocycles. The number of nitrogens with zero attached hydrogens (tertiary/aromatic N) is 1. The number of aryl methyl sites for hydroxylation is 2. The Morgan fingerprint density at radius 3 is 2.54 bits per heavy atom. The molecule has 2 aromatic heterocycles. The number of nitrogens with one attached hydrogen (secondary N) is 1. The van der Waals surface area contributed by atoms with Crippen LogP contribution in [-0.4, -0.2) is 10.5 Å². The van der Waals surface area contributed by atoms with Gasteiger partial charge >= 0.3 is 0 Å². The standard InChI is InChI=1S/C20H22N2O2/c1-14-6-8-18(9-7-14)22-15(2)11-17(16(22)3)12-20(23)21-13-19-5-4-10-24-19/h4-11H,12-13H2,1-3H3,(H,21,23). The zero-order chi connectivity index (χ0) is 17.1. The molecule has 4 heteroatoms. The van der Waals surface area contributed by atoms with Gasteiger partial charge in [0.2, 0.25) is 5.91 Å². The summed E-state index contributed by atoms with van der Waals surface area (Å²) in [6.45, 7) is 6.62. The fourth-order valence-electron chi connectivity index (χ4n) is 2.93. The van der Waals surface area contributed by atoms with Crippen molar-refractivity contribution in [3.63, 3.8) is 0 Å². The van der Waals surface area contributed by atoms with Crippen LogP contribution in [0.25, 0.3) is 5.69 Å². The van der Waals surface area contributed by atoms with Crippen molar-refractivity contribution in [3.8, 4) is 5.69 Å². The summed E-state index contributed by atoms with van der Waals surface area (Å²) in [5.41, 5.74) is 5.64. The second-order valence-corrected chi connectivity index (χ2v) is 6.10. The molecule has 2 heterocycles. The van der Waals surface area contributed by atoms with E-state index in [1.165, 1.54) is 5.56 Å². The van der Waals surface area contributed by atoms with E-state index in [0.717, 1.165) is 28.4 Å². The highest BCUT2D eigenvalue weighted by Gasteiger charge is 2.13. The van der Waals surface area contributed by atoms with E-state index in [2.05, 4.69) is 61.0 Å². The molecule has 0 unspecified atom stereocenters. The van der Waals surface area contributed by atoms with E-state index in [1.54, 1.807) is 6.26 Å². The second-order valence-electron chi connectivity index (χ2n) is 6.10. The Hall–Kier alpha value is -2.75. The van der Waals surface area contributed by atoms with Crippen LogP contribution in [0.1, 0.15) is 28.3 Å². The summed E-state index contributed by atoms with van der Waals surface area (Å²) in [5.74, 6) is 0.754. The van der Waals surface area contributed by atoms with Crippen molar-refractivity contribution in [2.45, 2.75) is 33.7 Å². The average molecular weight is 322 g/mol. The highest BCUT2D eigenvalue weighted by Crippen LogP contribution is 2.21. The monoisotopic (exact) mass is 322 g/mol. The highest BCUT2D eigenvalue weighted by molar-refractivity contribution is 5.79. The molecule has 0 bridgehead atoms. The molecule has 124 valence electrons. The maximum atomic E-state index is 12.2. The summed E-state index contributed by atoms with van der Waals surface area (Å²) >= 11 is 0. The van der Waals surface area contributed by atoms with Gasteiger partial charge in [-0.2, -0.15) is 0 Å². The summed E-state index contributed by atoms with van der Waals surface area (Å²) in [6, 6.07) is 14.2.